The van der Waals surface area contributed by atoms with Crippen LogP contribution in [0.4, 0.5) is 8.78 Å². The van der Waals surface area contributed by atoms with Gasteiger partial charge in [0.15, 0.2) is 5.78 Å². The monoisotopic (exact) mass is 458 g/mol. The van der Waals surface area contributed by atoms with Crippen molar-refractivity contribution in [2.24, 2.45) is 0 Å². The Kier molecular flexibility index (Phi) is 6.36. The van der Waals surface area contributed by atoms with Crippen LogP contribution >= 0.6 is 0 Å². The molecule has 1 fully saturated rings. The van der Waals surface area contributed by atoms with E-state index in [2.05, 4.69) is 26.6 Å². The van der Waals surface area contributed by atoms with E-state index < -0.39 is 6.43 Å². The first-order valence-corrected chi connectivity index (χ1v) is 11.4. The van der Waals surface area contributed by atoms with E-state index >= 15 is 0 Å². The molecule has 0 spiro atoms. The number of halogens is 2. The third-order valence-corrected chi connectivity index (χ3v) is 6.34. The number of carbonyl (C=O) groups excluding carboxylic acids is 1. The van der Waals surface area contributed by atoms with E-state index in [1.54, 1.807) is 18.3 Å². The van der Waals surface area contributed by atoms with Gasteiger partial charge in [-0.1, -0.05) is 24.3 Å². The zero-order valence-electron chi connectivity index (χ0n) is 18.5. The number of nitrogens with zero attached hydrogens (tertiary/aromatic N) is 3. The Morgan fingerprint density at radius 1 is 0.971 bits per heavy atom. The largest absolute Gasteiger partial charge is 0.317 e. The highest BCUT2D eigenvalue weighted by Crippen LogP contribution is 2.28. The number of alkyl halides is 2. The number of benzene rings is 2. The lowest BCUT2D eigenvalue weighted by molar-refractivity contribution is 0.0991. The van der Waals surface area contributed by atoms with Gasteiger partial charge in [0.25, 0.3) is 6.43 Å². The number of hydrogen-bond acceptors (Lipinski definition) is 5. The highest BCUT2D eigenvalue weighted by Gasteiger charge is 2.17. The number of fused-ring (bicyclic) bond motifs is 1. The topological polar surface area (TPSA) is 67.8 Å². The second kappa shape index (κ2) is 9.73. The summed E-state index contributed by atoms with van der Waals surface area (Å²) in [5.74, 6) is 0.473. The second-order valence-corrected chi connectivity index (χ2v) is 8.67. The van der Waals surface area contributed by atoms with Gasteiger partial charge >= 0.3 is 0 Å². The molecular weight excluding hydrogens is 434 g/mol. The lowest BCUT2D eigenvalue weighted by Crippen LogP contribution is -2.26. The number of hydrogen-bond donors (Lipinski definition) is 1. The van der Waals surface area contributed by atoms with Crippen LogP contribution in [0.3, 0.4) is 0 Å². The summed E-state index contributed by atoms with van der Waals surface area (Å²) in [6.07, 6.45) is 2.44. The van der Waals surface area contributed by atoms with Crippen LogP contribution in [0.2, 0.25) is 0 Å². The highest BCUT2D eigenvalue weighted by atomic mass is 19.3. The fourth-order valence-electron chi connectivity index (χ4n) is 4.48. The molecule has 2 aromatic carbocycles. The number of pyridine rings is 1. The summed E-state index contributed by atoms with van der Waals surface area (Å²) in [5, 5.41) is 12.7. The third kappa shape index (κ3) is 4.84. The van der Waals surface area contributed by atoms with Crippen molar-refractivity contribution in [2.75, 3.05) is 13.1 Å². The summed E-state index contributed by atoms with van der Waals surface area (Å²) in [5.41, 5.74) is 4.37. The average molecular weight is 459 g/mol. The van der Waals surface area contributed by atoms with Gasteiger partial charge < -0.3 is 5.32 Å². The van der Waals surface area contributed by atoms with E-state index in [9.17, 15) is 13.6 Å². The maximum atomic E-state index is 13.1. The van der Waals surface area contributed by atoms with Gasteiger partial charge in [-0.15, -0.1) is 0 Å². The minimum atomic E-state index is -2.58. The predicted octanol–water partition coefficient (Wildman–Crippen LogP) is 5.52. The molecule has 2 aromatic heterocycles. The third-order valence-electron chi connectivity index (χ3n) is 6.34. The van der Waals surface area contributed by atoms with Gasteiger partial charge in [0.2, 0.25) is 0 Å². The molecule has 7 heteroatoms. The van der Waals surface area contributed by atoms with E-state index in [1.807, 2.05) is 30.3 Å². The maximum absolute atomic E-state index is 13.1. The number of nitrogens with one attached hydrogen (secondary N) is 1. The van der Waals surface area contributed by atoms with Crippen LogP contribution in [-0.2, 0) is 6.42 Å². The average Bonchev–Trinajstić information content (AvgIpc) is 2.89. The van der Waals surface area contributed by atoms with Gasteiger partial charge in [-0.25, -0.2) is 8.78 Å². The first-order valence-electron chi connectivity index (χ1n) is 11.4. The molecule has 3 heterocycles. The molecule has 0 aliphatic carbocycles. The van der Waals surface area contributed by atoms with Crippen molar-refractivity contribution >= 4 is 16.7 Å². The van der Waals surface area contributed by atoms with Gasteiger partial charge in [-0.05, 0) is 73.3 Å². The minimum absolute atomic E-state index is 0.00516. The fraction of sp³-hybridized carbons (Fsp3) is 0.259. The zero-order chi connectivity index (χ0) is 23.5. The van der Waals surface area contributed by atoms with Crippen molar-refractivity contribution in [2.45, 2.75) is 31.6 Å². The van der Waals surface area contributed by atoms with E-state index in [0.717, 1.165) is 36.9 Å². The predicted molar refractivity (Wildman–Crippen MR) is 127 cm³/mol. The van der Waals surface area contributed by atoms with E-state index in [-0.39, 0.29) is 17.8 Å². The molecule has 0 amide bonds. The molecule has 0 atom stereocenters. The zero-order valence-corrected chi connectivity index (χ0v) is 18.5. The normalized spacial score (nSPS) is 14.6. The van der Waals surface area contributed by atoms with Crippen molar-refractivity contribution in [1.82, 2.24) is 20.5 Å². The highest BCUT2D eigenvalue weighted by molar-refractivity contribution is 5.98. The second-order valence-electron chi connectivity index (χ2n) is 8.67. The molecule has 34 heavy (non-hydrogen) atoms. The van der Waals surface area contributed by atoms with E-state index in [1.165, 1.54) is 17.8 Å². The van der Waals surface area contributed by atoms with Crippen molar-refractivity contribution in [3.63, 3.8) is 0 Å². The van der Waals surface area contributed by atoms with Gasteiger partial charge in [0.1, 0.15) is 0 Å². The van der Waals surface area contributed by atoms with E-state index in [0.29, 0.717) is 28.3 Å². The standard InChI is InChI=1S/C27H24F2N4O/c28-27(29)23-12-22(15-31-16-23)19-4-5-25-21(11-19)13-24(32-33-25)14-26(34)20-3-1-2-18(10-20)17-6-8-30-9-7-17/h1-5,10-13,15-17,27,30H,6-9,14H2. The van der Waals surface area contributed by atoms with Gasteiger partial charge in [-0.2, -0.15) is 10.2 Å². The molecule has 5 rings (SSSR count). The number of rotatable bonds is 6. The van der Waals surface area contributed by atoms with E-state index in [4.69, 9.17) is 0 Å². The van der Waals surface area contributed by atoms with Crippen LogP contribution in [0.1, 0.15) is 52.4 Å². The van der Waals surface area contributed by atoms with Crippen LogP contribution in [-0.4, -0.2) is 34.1 Å². The van der Waals surface area contributed by atoms with Crippen LogP contribution in [0.15, 0.2) is 67.0 Å². The number of carbonyl (C=O) groups is 1. The Labute approximate surface area is 196 Å². The van der Waals surface area contributed by atoms with Crippen LogP contribution < -0.4 is 5.32 Å². The lowest BCUT2D eigenvalue weighted by Gasteiger charge is -2.23. The Hall–Kier alpha value is -3.58. The first-order chi connectivity index (χ1) is 16.6. The van der Waals surface area contributed by atoms with Gasteiger partial charge in [-0.3, -0.25) is 9.78 Å². The summed E-state index contributed by atoms with van der Waals surface area (Å²) in [4.78, 5) is 17.0. The molecule has 0 radical (unpaired) electrons. The molecule has 0 saturated carbocycles. The quantitative estimate of drug-likeness (QED) is 0.385. The van der Waals surface area contributed by atoms with Crippen LogP contribution in [0, 0.1) is 0 Å². The Morgan fingerprint density at radius 3 is 2.65 bits per heavy atom. The Bertz CT molecular complexity index is 1340. The number of aromatic nitrogens is 3. The molecule has 1 saturated heterocycles. The van der Waals surface area contributed by atoms with Crippen molar-refractivity contribution in [3.8, 4) is 11.1 Å². The van der Waals surface area contributed by atoms with Gasteiger partial charge in [0, 0.05) is 34.5 Å². The van der Waals surface area contributed by atoms with Crippen molar-refractivity contribution in [1.29, 1.82) is 0 Å². The molecule has 0 bridgehead atoms. The molecule has 4 aromatic rings. The lowest BCUT2D eigenvalue weighted by atomic mass is 9.88. The summed E-state index contributed by atoms with van der Waals surface area (Å²) in [6.45, 7) is 2.00. The number of ketones is 1. The van der Waals surface area contributed by atoms with Crippen LogP contribution in [0.25, 0.3) is 22.0 Å². The fourth-order valence-corrected chi connectivity index (χ4v) is 4.48. The SMILES string of the molecule is O=C(Cc1cc2cc(-c3cncc(C(F)F)c3)ccc2nn1)c1cccc(C2CCNCC2)c1. The Morgan fingerprint density at radius 2 is 1.82 bits per heavy atom. The molecule has 1 aliphatic rings. The van der Waals surface area contributed by atoms with Gasteiger partial charge in [0.05, 0.1) is 17.6 Å². The summed E-state index contributed by atoms with van der Waals surface area (Å²) < 4.78 is 26.1. The molecule has 1 aliphatic heterocycles. The number of piperidine rings is 1. The Balaban J connectivity index is 1.38. The molecular formula is C27H24F2N4O. The minimum Gasteiger partial charge on any atom is -0.317 e. The maximum Gasteiger partial charge on any atom is 0.265 e. The smallest absolute Gasteiger partial charge is 0.265 e. The first kappa shape index (κ1) is 22.2. The summed E-state index contributed by atoms with van der Waals surface area (Å²) in [6, 6.07) is 16.6. The summed E-state index contributed by atoms with van der Waals surface area (Å²) >= 11 is 0. The summed E-state index contributed by atoms with van der Waals surface area (Å²) in [7, 11) is 0. The molecule has 172 valence electrons. The van der Waals surface area contributed by atoms with Crippen molar-refractivity contribution < 1.29 is 13.6 Å². The van der Waals surface area contributed by atoms with Crippen molar-refractivity contribution in [3.05, 3.63) is 89.4 Å². The van der Waals surface area contributed by atoms with Crippen LogP contribution in [0.5, 0.6) is 0 Å². The molecule has 1 N–H and O–H groups in total. The molecule has 0 unspecified atom stereocenters. The molecule has 5 nitrogen and oxygen atoms in total. The number of Topliss-reactive ketones (excluding diaryl/α,β-unsaturated/α-hetero) is 1.